The quantitative estimate of drug-likeness (QED) is 0.228. The Morgan fingerprint density at radius 2 is 1.77 bits per heavy atom. The normalized spacial score (nSPS) is 11.0. The molecule has 2 aromatic rings. The highest BCUT2D eigenvalue weighted by atomic mass is 127. The SMILES string of the molecule is Cc1nn(C)c(C)c1CCCNC(=NCC(=O)N(C)C)NCCc1ccccc1.I. The number of rotatable bonds is 9. The molecule has 1 amide bonds. The summed E-state index contributed by atoms with van der Waals surface area (Å²) in [4.78, 5) is 17.9. The summed E-state index contributed by atoms with van der Waals surface area (Å²) in [6.07, 6.45) is 2.83. The number of nitrogens with one attached hydrogen (secondary N) is 2. The van der Waals surface area contributed by atoms with Gasteiger partial charge in [-0.1, -0.05) is 30.3 Å². The number of hydrogen-bond acceptors (Lipinski definition) is 3. The van der Waals surface area contributed by atoms with E-state index < -0.39 is 0 Å². The maximum absolute atomic E-state index is 11.9. The summed E-state index contributed by atoms with van der Waals surface area (Å²) in [6, 6.07) is 10.3. The molecule has 7 nitrogen and oxygen atoms in total. The van der Waals surface area contributed by atoms with E-state index >= 15 is 0 Å². The minimum Gasteiger partial charge on any atom is -0.356 e. The van der Waals surface area contributed by atoms with E-state index in [2.05, 4.69) is 46.7 Å². The van der Waals surface area contributed by atoms with Crippen molar-refractivity contribution in [3.05, 3.63) is 52.8 Å². The van der Waals surface area contributed by atoms with Crippen LogP contribution in [0.25, 0.3) is 0 Å². The molecule has 0 atom stereocenters. The van der Waals surface area contributed by atoms with Crippen LogP contribution in [0.4, 0.5) is 0 Å². The van der Waals surface area contributed by atoms with Crippen molar-refractivity contribution in [2.45, 2.75) is 33.1 Å². The highest BCUT2D eigenvalue weighted by molar-refractivity contribution is 14.0. The van der Waals surface area contributed by atoms with Gasteiger partial charge in [-0.05, 0) is 44.2 Å². The maximum atomic E-state index is 11.9. The fourth-order valence-corrected chi connectivity index (χ4v) is 3.08. The number of carbonyl (C=O) groups excluding carboxylic acids is 1. The molecule has 0 spiro atoms. The lowest BCUT2D eigenvalue weighted by molar-refractivity contribution is -0.127. The Labute approximate surface area is 197 Å². The van der Waals surface area contributed by atoms with Gasteiger partial charge in [0.25, 0.3) is 0 Å². The topological polar surface area (TPSA) is 74.5 Å². The average molecular weight is 526 g/mol. The zero-order valence-electron chi connectivity index (χ0n) is 18.7. The molecular formula is C22H35IN6O. The van der Waals surface area contributed by atoms with Gasteiger partial charge in [-0.15, -0.1) is 24.0 Å². The van der Waals surface area contributed by atoms with Crippen molar-refractivity contribution in [1.29, 1.82) is 0 Å². The Hall–Kier alpha value is -2.10. The van der Waals surface area contributed by atoms with Crippen molar-refractivity contribution in [2.24, 2.45) is 12.0 Å². The van der Waals surface area contributed by atoms with Gasteiger partial charge in [0.15, 0.2) is 5.96 Å². The summed E-state index contributed by atoms with van der Waals surface area (Å²) in [5.41, 5.74) is 4.89. The van der Waals surface area contributed by atoms with Gasteiger partial charge in [0.2, 0.25) is 5.91 Å². The third-order valence-corrected chi connectivity index (χ3v) is 4.98. The number of carbonyl (C=O) groups is 1. The second-order valence-corrected chi connectivity index (χ2v) is 7.42. The van der Waals surface area contributed by atoms with Crippen LogP contribution in [0.2, 0.25) is 0 Å². The molecule has 2 N–H and O–H groups in total. The molecule has 0 aliphatic rings. The van der Waals surface area contributed by atoms with Gasteiger partial charge >= 0.3 is 0 Å². The molecule has 0 aliphatic carbocycles. The Balaban J connectivity index is 0.00000450. The Bertz CT molecular complexity index is 817. The van der Waals surface area contributed by atoms with Gasteiger partial charge < -0.3 is 15.5 Å². The standard InChI is InChI=1S/C22H34N6O.HI/c1-17-20(18(2)28(5)26-17)12-9-14-23-22(25-16-21(29)27(3)4)24-15-13-19-10-7-6-8-11-19;/h6-8,10-11H,9,12-16H2,1-5H3,(H2,23,24,25);1H. The molecule has 166 valence electrons. The predicted octanol–water partition coefficient (Wildman–Crippen LogP) is 2.45. The summed E-state index contributed by atoms with van der Waals surface area (Å²) < 4.78 is 1.93. The fourth-order valence-electron chi connectivity index (χ4n) is 3.08. The first-order chi connectivity index (χ1) is 13.9. The number of aryl methyl sites for hydroxylation is 2. The first kappa shape index (κ1) is 25.9. The van der Waals surface area contributed by atoms with Crippen molar-refractivity contribution in [1.82, 2.24) is 25.3 Å². The summed E-state index contributed by atoms with van der Waals surface area (Å²) in [5, 5.41) is 11.2. The van der Waals surface area contributed by atoms with E-state index in [9.17, 15) is 4.79 Å². The molecule has 1 heterocycles. The molecule has 8 heteroatoms. The first-order valence-corrected chi connectivity index (χ1v) is 10.1. The summed E-state index contributed by atoms with van der Waals surface area (Å²) in [6.45, 7) is 5.83. The van der Waals surface area contributed by atoms with Crippen LogP contribution >= 0.6 is 24.0 Å². The Kier molecular flexibility index (Phi) is 11.5. The van der Waals surface area contributed by atoms with Crippen LogP contribution in [0.3, 0.4) is 0 Å². The molecule has 2 rings (SSSR count). The predicted molar refractivity (Wildman–Crippen MR) is 134 cm³/mol. The minimum absolute atomic E-state index is 0. The number of guanidine groups is 1. The van der Waals surface area contributed by atoms with Gasteiger partial charge in [0, 0.05) is 39.9 Å². The highest BCUT2D eigenvalue weighted by Gasteiger charge is 2.09. The molecule has 1 aromatic heterocycles. The summed E-state index contributed by atoms with van der Waals surface area (Å²) in [7, 11) is 5.46. The lowest BCUT2D eigenvalue weighted by Gasteiger charge is -2.14. The number of halogens is 1. The average Bonchev–Trinajstić information content (AvgIpc) is 2.94. The van der Waals surface area contributed by atoms with Crippen LogP contribution in [-0.2, 0) is 24.7 Å². The van der Waals surface area contributed by atoms with Crippen LogP contribution < -0.4 is 10.6 Å². The number of benzene rings is 1. The molecule has 0 aliphatic heterocycles. The van der Waals surface area contributed by atoms with Crippen LogP contribution in [0.5, 0.6) is 0 Å². The van der Waals surface area contributed by atoms with Gasteiger partial charge in [-0.3, -0.25) is 9.48 Å². The molecule has 1 aromatic carbocycles. The van der Waals surface area contributed by atoms with Crippen molar-refractivity contribution in [3.8, 4) is 0 Å². The lowest BCUT2D eigenvalue weighted by Crippen LogP contribution is -2.40. The van der Waals surface area contributed by atoms with E-state index in [0.717, 1.165) is 38.0 Å². The van der Waals surface area contributed by atoms with Crippen LogP contribution in [0.15, 0.2) is 35.3 Å². The Morgan fingerprint density at radius 1 is 1.10 bits per heavy atom. The molecule has 0 saturated carbocycles. The van der Waals surface area contributed by atoms with E-state index in [1.165, 1.54) is 16.8 Å². The van der Waals surface area contributed by atoms with Gasteiger partial charge in [0.1, 0.15) is 6.54 Å². The maximum Gasteiger partial charge on any atom is 0.243 e. The number of hydrogen-bond donors (Lipinski definition) is 2. The zero-order valence-corrected chi connectivity index (χ0v) is 21.1. The Morgan fingerprint density at radius 3 is 2.37 bits per heavy atom. The van der Waals surface area contributed by atoms with Crippen molar-refractivity contribution in [2.75, 3.05) is 33.7 Å². The van der Waals surface area contributed by atoms with Crippen LogP contribution in [0.1, 0.15) is 28.9 Å². The number of aliphatic imine (C=N–C) groups is 1. The smallest absolute Gasteiger partial charge is 0.243 e. The van der Waals surface area contributed by atoms with E-state index in [-0.39, 0.29) is 36.4 Å². The fraction of sp³-hybridized carbons (Fsp3) is 0.500. The van der Waals surface area contributed by atoms with E-state index in [4.69, 9.17) is 0 Å². The van der Waals surface area contributed by atoms with Crippen LogP contribution in [-0.4, -0.2) is 60.3 Å². The van der Waals surface area contributed by atoms with E-state index in [1.807, 2.05) is 29.9 Å². The number of likely N-dealkylation sites (N-methyl/N-ethyl adjacent to an activating group) is 1. The highest BCUT2D eigenvalue weighted by Crippen LogP contribution is 2.13. The lowest BCUT2D eigenvalue weighted by atomic mass is 10.1. The monoisotopic (exact) mass is 526 g/mol. The molecule has 0 fully saturated rings. The van der Waals surface area contributed by atoms with E-state index in [0.29, 0.717) is 5.96 Å². The molecule has 0 unspecified atom stereocenters. The third kappa shape index (κ3) is 8.33. The first-order valence-electron chi connectivity index (χ1n) is 10.1. The van der Waals surface area contributed by atoms with Crippen molar-refractivity contribution >= 4 is 35.8 Å². The minimum atomic E-state index is -0.0178. The van der Waals surface area contributed by atoms with Gasteiger partial charge in [-0.2, -0.15) is 5.10 Å². The van der Waals surface area contributed by atoms with Crippen molar-refractivity contribution < 1.29 is 4.79 Å². The number of nitrogens with zero attached hydrogens (tertiary/aromatic N) is 4. The second kappa shape index (κ2) is 13.3. The molecular weight excluding hydrogens is 491 g/mol. The van der Waals surface area contributed by atoms with Gasteiger partial charge in [0.05, 0.1) is 5.69 Å². The molecule has 30 heavy (non-hydrogen) atoms. The number of amides is 1. The van der Waals surface area contributed by atoms with Crippen molar-refractivity contribution in [3.63, 3.8) is 0 Å². The molecule has 0 radical (unpaired) electrons. The van der Waals surface area contributed by atoms with E-state index in [1.54, 1.807) is 19.0 Å². The molecule has 0 saturated heterocycles. The zero-order chi connectivity index (χ0) is 21.2. The van der Waals surface area contributed by atoms with Gasteiger partial charge in [-0.25, -0.2) is 4.99 Å². The van der Waals surface area contributed by atoms with Crippen LogP contribution in [0, 0.1) is 13.8 Å². The number of aromatic nitrogens is 2. The third-order valence-electron chi connectivity index (χ3n) is 4.98. The second-order valence-electron chi connectivity index (χ2n) is 7.42. The molecule has 0 bridgehead atoms. The summed E-state index contributed by atoms with van der Waals surface area (Å²) >= 11 is 0. The largest absolute Gasteiger partial charge is 0.356 e. The summed E-state index contributed by atoms with van der Waals surface area (Å²) in [5.74, 6) is 0.659.